The minimum atomic E-state index is -0.346. The summed E-state index contributed by atoms with van der Waals surface area (Å²) in [6.07, 6.45) is 6.24. The lowest BCUT2D eigenvalue weighted by Crippen LogP contribution is -2.39. The lowest BCUT2D eigenvalue weighted by Gasteiger charge is -2.34. The van der Waals surface area contributed by atoms with Crippen LogP contribution in [0.25, 0.3) is 0 Å². The van der Waals surface area contributed by atoms with Gasteiger partial charge < -0.3 is 9.64 Å². The average molecular weight is 360 g/mol. The van der Waals surface area contributed by atoms with Gasteiger partial charge in [-0.2, -0.15) is 10.2 Å². The van der Waals surface area contributed by atoms with Crippen molar-refractivity contribution >= 4 is 5.91 Å². The largest absolute Gasteiger partial charge is 0.381 e. The van der Waals surface area contributed by atoms with E-state index in [1.165, 1.54) is 0 Å². The summed E-state index contributed by atoms with van der Waals surface area (Å²) in [4.78, 5) is 29.2. The van der Waals surface area contributed by atoms with Gasteiger partial charge in [-0.1, -0.05) is 0 Å². The number of piperidine rings is 1. The zero-order valence-electron chi connectivity index (χ0n) is 14.9. The predicted molar refractivity (Wildman–Crippen MR) is 92.9 cm³/mol. The van der Waals surface area contributed by atoms with E-state index in [0.29, 0.717) is 17.9 Å². The average Bonchev–Trinajstić information content (AvgIpc) is 3.28. The Labute approximate surface area is 150 Å². The van der Waals surface area contributed by atoms with Gasteiger partial charge in [-0.25, -0.2) is 9.89 Å². The van der Waals surface area contributed by atoms with E-state index in [2.05, 4.69) is 20.3 Å². The van der Waals surface area contributed by atoms with Crippen LogP contribution in [0, 0.1) is 6.92 Å². The molecule has 4 heterocycles. The highest BCUT2D eigenvalue weighted by atomic mass is 16.5. The number of hydrogen-bond donors (Lipinski definition) is 2. The summed E-state index contributed by atoms with van der Waals surface area (Å²) in [5.41, 5.74) is 1.17. The Bertz CT molecular complexity index is 832. The Morgan fingerprint density at radius 1 is 1.27 bits per heavy atom. The van der Waals surface area contributed by atoms with Gasteiger partial charge in [0.1, 0.15) is 0 Å². The number of nitrogens with zero attached hydrogens (tertiary/aromatic N) is 4. The van der Waals surface area contributed by atoms with E-state index in [9.17, 15) is 9.59 Å². The number of likely N-dealkylation sites (tertiary alicyclic amines) is 1. The van der Waals surface area contributed by atoms with Gasteiger partial charge in [-0.05, 0) is 39.0 Å². The number of aromatic nitrogens is 5. The van der Waals surface area contributed by atoms with Crippen LogP contribution in [-0.2, 0) is 4.74 Å². The van der Waals surface area contributed by atoms with Crippen LogP contribution in [0.3, 0.4) is 0 Å². The molecule has 2 fully saturated rings. The highest BCUT2D eigenvalue weighted by Gasteiger charge is 2.33. The van der Waals surface area contributed by atoms with Crippen LogP contribution >= 0.6 is 0 Å². The molecule has 2 saturated heterocycles. The Hall–Kier alpha value is -2.42. The first-order valence-electron chi connectivity index (χ1n) is 9.22. The maximum atomic E-state index is 13.2. The number of ether oxygens (including phenoxy) is 1. The monoisotopic (exact) mass is 360 g/mol. The Morgan fingerprint density at radius 2 is 2.08 bits per heavy atom. The van der Waals surface area contributed by atoms with E-state index >= 15 is 0 Å². The van der Waals surface area contributed by atoms with Crippen molar-refractivity contribution in [3.8, 4) is 0 Å². The molecule has 1 atom stereocenters. The molecule has 9 heteroatoms. The van der Waals surface area contributed by atoms with Gasteiger partial charge >= 0.3 is 5.69 Å². The first-order valence-corrected chi connectivity index (χ1v) is 9.22. The summed E-state index contributed by atoms with van der Waals surface area (Å²) >= 11 is 0. The van der Waals surface area contributed by atoms with Gasteiger partial charge in [-0.3, -0.25) is 14.5 Å². The SMILES string of the molecule is Cc1c(C(=O)N2CCCCC2c2n[nH]c(=O)[nH]2)cnn1C1CCOCC1. The van der Waals surface area contributed by atoms with E-state index in [0.717, 1.165) is 51.0 Å². The van der Waals surface area contributed by atoms with Crippen molar-refractivity contribution in [1.82, 2.24) is 29.9 Å². The van der Waals surface area contributed by atoms with Crippen molar-refractivity contribution < 1.29 is 9.53 Å². The van der Waals surface area contributed by atoms with E-state index in [1.54, 1.807) is 6.20 Å². The zero-order chi connectivity index (χ0) is 18.1. The van der Waals surface area contributed by atoms with Gasteiger partial charge in [0.2, 0.25) is 0 Å². The highest BCUT2D eigenvalue weighted by Crippen LogP contribution is 2.31. The number of aromatic amines is 2. The zero-order valence-corrected chi connectivity index (χ0v) is 14.9. The number of nitrogens with one attached hydrogen (secondary N) is 2. The third-order valence-electron chi connectivity index (χ3n) is 5.41. The Kier molecular flexibility index (Phi) is 4.62. The van der Waals surface area contributed by atoms with E-state index in [-0.39, 0.29) is 23.7 Å². The number of rotatable bonds is 3. The third-order valence-corrected chi connectivity index (χ3v) is 5.41. The molecule has 2 N–H and O–H groups in total. The number of amides is 1. The first-order chi connectivity index (χ1) is 12.6. The molecule has 0 aromatic carbocycles. The third kappa shape index (κ3) is 3.07. The van der Waals surface area contributed by atoms with Gasteiger partial charge in [0.25, 0.3) is 5.91 Å². The molecule has 1 amide bonds. The fourth-order valence-corrected chi connectivity index (χ4v) is 3.99. The summed E-state index contributed by atoms with van der Waals surface area (Å²) in [5, 5.41) is 10.9. The summed E-state index contributed by atoms with van der Waals surface area (Å²) < 4.78 is 7.38. The smallest absolute Gasteiger partial charge is 0.340 e. The molecule has 2 aromatic heterocycles. The number of carbonyl (C=O) groups is 1. The van der Waals surface area contributed by atoms with Gasteiger partial charge in [0.15, 0.2) is 5.82 Å². The van der Waals surface area contributed by atoms with Crippen LogP contribution in [-0.4, -0.2) is 55.5 Å². The van der Waals surface area contributed by atoms with Crippen molar-refractivity contribution in [3.63, 3.8) is 0 Å². The number of hydrogen-bond acceptors (Lipinski definition) is 5. The second-order valence-electron chi connectivity index (χ2n) is 7.00. The second-order valence-corrected chi connectivity index (χ2v) is 7.00. The number of H-pyrrole nitrogens is 2. The minimum Gasteiger partial charge on any atom is -0.381 e. The van der Waals surface area contributed by atoms with Crippen LogP contribution in [0.4, 0.5) is 0 Å². The van der Waals surface area contributed by atoms with Crippen molar-refractivity contribution in [3.05, 3.63) is 33.8 Å². The Morgan fingerprint density at radius 3 is 2.81 bits per heavy atom. The van der Waals surface area contributed by atoms with Crippen molar-refractivity contribution in [1.29, 1.82) is 0 Å². The topological polar surface area (TPSA) is 109 Å². The lowest BCUT2D eigenvalue weighted by molar-refractivity contribution is 0.0596. The molecule has 4 rings (SSSR count). The first kappa shape index (κ1) is 17.0. The van der Waals surface area contributed by atoms with Crippen molar-refractivity contribution in [2.24, 2.45) is 0 Å². The molecule has 26 heavy (non-hydrogen) atoms. The molecular weight excluding hydrogens is 336 g/mol. The van der Waals surface area contributed by atoms with Crippen LogP contribution in [0.1, 0.15) is 66.1 Å². The molecule has 2 aromatic rings. The molecule has 1 unspecified atom stereocenters. The minimum absolute atomic E-state index is 0.0469. The van der Waals surface area contributed by atoms with Crippen LogP contribution in [0.15, 0.2) is 11.0 Å². The van der Waals surface area contributed by atoms with E-state index in [4.69, 9.17) is 4.74 Å². The molecule has 0 radical (unpaired) electrons. The van der Waals surface area contributed by atoms with E-state index < -0.39 is 0 Å². The van der Waals surface area contributed by atoms with E-state index in [1.807, 2.05) is 16.5 Å². The normalized spacial score (nSPS) is 21.9. The summed E-state index contributed by atoms with van der Waals surface area (Å²) in [6, 6.07) is 0.0752. The molecular formula is C17H24N6O3. The van der Waals surface area contributed by atoms with Crippen molar-refractivity contribution in [2.45, 2.75) is 51.1 Å². The maximum Gasteiger partial charge on any atom is 0.340 e. The van der Waals surface area contributed by atoms with Crippen molar-refractivity contribution in [2.75, 3.05) is 19.8 Å². The molecule has 0 aliphatic carbocycles. The molecule has 0 spiro atoms. The molecule has 140 valence electrons. The standard InChI is InChI=1S/C17H24N6O3/c1-11-13(10-18-23(11)12-5-8-26-9-6-12)16(24)22-7-3-2-4-14(22)15-19-17(25)21-20-15/h10,12,14H,2-9H2,1H3,(H2,19,20,21,25). The second kappa shape index (κ2) is 7.06. The molecule has 9 nitrogen and oxygen atoms in total. The molecule has 0 saturated carbocycles. The number of carbonyl (C=O) groups excluding carboxylic acids is 1. The molecule has 2 aliphatic heterocycles. The fourth-order valence-electron chi connectivity index (χ4n) is 3.99. The predicted octanol–water partition coefficient (Wildman–Crippen LogP) is 1.32. The van der Waals surface area contributed by atoms with Gasteiger partial charge in [-0.15, -0.1) is 0 Å². The van der Waals surface area contributed by atoms with Gasteiger partial charge in [0.05, 0.1) is 23.8 Å². The maximum absolute atomic E-state index is 13.2. The lowest BCUT2D eigenvalue weighted by atomic mass is 10.00. The molecule has 2 aliphatic rings. The van der Waals surface area contributed by atoms with Crippen LogP contribution in [0.5, 0.6) is 0 Å². The van der Waals surface area contributed by atoms with Gasteiger partial charge in [0, 0.05) is 25.5 Å². The van der Waals surface area contributed by atoms with Crippen LogP contribution in [0.2, 0.25) is 0 Å². The summed E-state index contributed by atoms with van der Waals surface area (Å²) in [6.45, 7) is 4.06. The van der Waals surface area contributed by atoms with Crippen LogP contribution < -0.4 is 5.69 Å². The fraction of sp³-hybridized carbons (Fsp3) is 0.647. The Balaban J connectivity index is 1.59. The summed E-state index contributed by atoms with van der Waals surface area (Å²) in [5.74, 6) is 0.479. The quantitative estimate of drug-likeness (QED) is 0.858. The summed E-state index contributed by atoms with van der Waals surface area (Å²) in [7, 11) is 0. The molecule has 0 bridgehead atoms. The highest BCUT2D eigenvalue weighted by molar-refractivity contribution is 5.95.